The van der Waals surface area contributed by atoms with Crippen LogP contribution < -0.4 is 10.2 Å². The predicted octanol–water partition coefficient (Wildman–Crippen LogP) is 3.70. The third kappa shape index (κ3) is 3.18. The molecule has 0 radical (unpaired) electrons. The molecule has 2 heterocycles. The van der Waals surface area contributed by atoms with Crippen molar-refractivity contribution in [1.29, 1.82) is 0 Å². The number of nitrogens with zero attached hydrogens (tertiary/aromatic N) is 3. The van der Waals surface area contributed by atoms with E-state index in [0.29, 0.717) is 6.04 Å². The van der Waals surface area contributed by atoms with E-state index < -0.39 is 0 Å². The number of hydrogen-bond donors (Lipinski definition) is 1. The SMILES string of the molecule is CCNc1ncnc(N(Cc2ccsc2)C2CC2)c1CC. The van der Waals surface area contributed by atoms with Gasteiger partial charge in [0.15, 0.2) is 0 Å². The standard InChI is InChI=1S/C16H22N4S/c1-3-14-15(17-4-2)18-11-19-16(14)20(13-5-6-13)9-12-7-8-21-10-12/h7-8,10-11,13H,3-6,9H2,1-2H3,(H,17,18,19). The van der Waals surface area contributed by atoms with Crippen LogP contribution in [-0.2, 0) is 13.0 Å². The molecule has 0 bridgehead atoms. The highest BCUT2D eigenvalue weighted by Gasteiger charge is 2.32. The van der Waals surface area contributed by atoms with Gasteiger partial charge < -0.3 is 10.2 Å². The Balaban J connectivity index is 1.93. The maximum Gasteiger partial charge on any atom is 0.137 e. The van der Waals surface area contributed by atoms with Crippen molar-refractivity contribution in [2.75, 3.05) is 16.8 Å². The first kappa shape index (κ1) is 14.3. The normalized spacial score (nSPS) is 14.2. The van der Waals surface area contributed by atoms with Crippen LogP contribution in [0, 0.1) is 0 Å². The lowest BCUT2D eigenvalue weighted by molar-refractivity contribution is 0.767. The Morgan fingerprint density at radius 3 is 2.81 bits per heavy atom. The molecule has 1 aliphatic rings. The van der Waals surface area contributed by atoms with Crippen LogP contribution in [0.4, 0.5) is 11.6 Å². The van der Waals surface area contributed by atoms with Crippen molar-refractivity contribution in [3.05, 3.63) is 34.3 Å². The molecule has 21 heavy (non-hydrogen) atoms. The molecule has 2 aromatic heterocycles. The zero-order valence-electron chi connectivity index (χ0n) is 12.7. The first-order valence-corrected chi connectivity index (χ1v) is 8.63. The number of rotatable bonds is 7. The van der Waals surface area contributed by atoms with Gasteiger partial charge in [-0.15, -0.1) is 0 Å². The molecule has 112 valence electrons. The van der Waals surface area contributed by atoms with E-state index in [1.165, 1.54) is 24.0 Å². The Kier molecular flexibility index (Phi) is 4.39. The number of anilines is 2. The fourth-order valence-corrected chi connectivity index (χ4v) is 3.30. The summed E-state index contributed by atoms with van der Waals surface area (Å²) in [5, 5.41) is 7.74. The van der Waals surface area contributed by atoms with E-state index >= 15 is 0 Å². The maximum atomic E-state index is 4.61. The average molecular weight is 302 g/mol. The van der Waals surface area contributed by atoms with Gasteiger partial charge in [0.1, 0.15) is 18.0 Å². The zero-order chi connectivity index (χ0) is 14.7. The van der Waals surface area contributed by atoms with Gasteiger partial charge in [-0.1, -0.05) is 6.92 Å². The van der Waals surface area contributed by atoms with Crippen molar-refractivity contribution in [1.82, 2.24) is 9.97 Å². The summed E-state index contributed by atoms with van der Waals surface area (Å²) >= 11 is 1.76. The van der Waals surface area contributed by atoms with Crippen LogP contribution in [0.3, 0.4) is 0 Å². The summed E-state index contributed by atoms with van der Waals surface area (Å²) in [6, 6.07) is 2.84. The van der Waals surface area contributed by atoms with Crippen molar-refractivity contribution in [3.63, 3.8) is 0 Å². The van der Waals surface area contributed by atoms with Crippen molar-refractivity contribution >= 4 is 23.0 Å². The summed E-state index contributed by atoms with van der Waals surface area (Å²) in [6.07, 6.45) is 5.18. The summed E-state index contributed by atoms with van der Waals surface area (Å²) in [6.45, 7) is 6.12. The number of hydrogen-bond acceptors (Lipinski definition) is 5. The quantitative estimate of drug-likeness (QED) is 0.846. The largest absolute Gasteiger partial charge is 0.370 e. The number of nitrogens with one attached hydrogen (secondary N) is 1. The zero-order valence-corrected chi connectivity index (χ0v) is 13.5. The molecular weight excluding hydrogens is 280 g/mol. The van der Waals surface area contributed by atoms with Crippen molar-refractivity contribution in [3.8, 4) is 0 Å². The minimum absolute atomic E-state index is 0.638. The molecule has 0 atom stereocenters. The first-order chi connectivity index (χ1) is 10.3. The molecule has 1 saturated carbocycles. The Morgan fingerprint density at radius 2 is 2.19 bits per heavy atom. The van der Waals surface area contributed by atoms with Gasteiger partial charge in [-0.2, -0.15) is 11.3 Å². The minimum Gasteiger partial charge on any atom is -0.370 e. The highest BCUT2D eigenvalue weighted by molar-refractivity contribution is 7.07. The Hall–Kier alpha value is -1.62. The Bertz CT molecular complexity index is 578. The molecule has 4 nitrogen and oxygen atoms in total. The lowest BCUT2D eigenvalue weighted by Crippen LogP contribution is -2.27. The van der Waals surface area contributed by atoms with Gasteiger partial charge in [-0.3, -0.25) is 0 Å². The maximum absolute atomic E-state index is 4.61. The van der Waals surface area contributed by atoms with Gasteiger partial charge in [0.25, 0.3) is 0 Å². The van der Waals surface area contributed by atoms with Gasteiger partial charge in [-0.25, -0.2) is 9.97 Å². The van der Waals surface area contributed by atoms with Crippen LogP contribution in [0.1, 0.15) is 37.8 Å². The highest BCUT2D eigenvalue weighted by Crippen LogP contribution is 2.35. The topological polar surface area (TPSA) is 41.1 Å². The second-order valence-electron chi connectivity index (χ2n) is 5.40. The number of thiophene rings is 1. The molecule has 0 unspecified atom stereocenters. The van der Waals surface area contributed by atoms with Crippen molar-refractivity contribution in [2.45, 2.75) is 45.7 Å². The summed E-state index contributed by atoms with van der Waals surface area (Å²) in [5.41, 5.74) is 2.61. The average Bonchev–Trinajstić information content (AvgIpc) is 3.21. The Morgan fingerprint density at radius 1 is 1.33 bits per heavy atom. The third-order valence-electron chi connectivity index (χ3n) is 3.81. The molecule has 1 fully saturated rings. The monoisotopic (exact) mass is 302 g/mol. The smallest absolute Gasteiger partial charge is 0.137 e. The van der Waals surface area contributed by atoms with E-state index in [-0.39, 0.29) is 0 Å². The highest BCUT2D eigenvalue weighted by atomic mass is 32.1. The fourth-order valence-electron chi connectivity index (χ4n) is 2.64. The van der Waals surface area contributed by atoms with E-state index in [1.54, 1.807) is 17.7 Å². The van der Waals surface area contributed by atoms with E-state index in [1.807, 2.05) is 0 Å². The summed E-state index contributed by atoms with van der Waals surface area (Å²) in [4.78, 5) is 11.5. The van der Waals surface area contributed by atoms with E-state index in [4.69, 9.17) is 0 Å². The van der Waals surface area contributed by atoms with Gasteiger partial charge in [-0.05, 0) is 48.6 Å². The lowest BCUT2D eigenvalue weighted by atomic mass is 10.2. The molecular formula is C16H22N4S. The van der Waals surface area contributed by atoms with Crippen LogP contribution in [0.5, 0.6) is 0 Å². The van der Waals surface area contributed by atoms with Crippen LogP contribution >= 0.6 is 11.3 Å². The van der Waals surface area contributed by atoms with E-state index in [9.17, 15) is 0 Å². The van der Waals surface area contributed by atoms with Gasteiger partial charge in [0, 0.05) is 24.7 Å². The fraction of sp³-hybridized carbons (Fsp3) is 0.500. The third-order valence-corrected chi connectivity index (χ3v) is 4.55. The molecule has 3 rings (SSSR count). The van der Waals surface area contributed by atoms with Gasteiger partial charge in [0.2, 0.25) is 0 Å². The molecule has 0 saturated heterocycles. The van der Waals surface area contributed by atoms with Crippen LogP contribution in [-0.4, -0.2) is 22.6 Å². The summed E-state index contributed by atoms with van der Waals surface area (Å²) in [5.74, 6) is 2.10. The molecule has 2 aromatic rings. The van der Waals surface area contributed by atoms with Crippen LogP contribution in [0.15, 0.2) is 23.2 Å². The lowest BCUT2D eigenvalue weighted by Gasteiger charge is -2.26. The van der Waals surface area contributed by atoms with Crippen molar-refractivity contribution in [2.24, 2.45) is 0 Å². The van der Waals surface area contributed by atoms with E-state index in [2.05, 4.69) is 50.9 Å². The second-order valence-corrected chi connectivity index (χ2v) is 6.18. The van der Waals surface area contributed by atoms with E-state index in [0.717, 1.165) is 31.1 Å². The second kappa shape index (κ2) is 6.43. The Labute approximate surface area is 130 Å². The summed E-state index contributed by atoms with van der Waals surface area (Å²) < 4.78 is 0. The van der Waals surface area contributed by atoms with Crippen molar-refractivity contribution < 1.29 is 0 Å². The van der Waals surface area contributed by atoms with Gasteiger partial charge >= 0.3 is 0 Å². The predicted molar refractivity (Wildman–Crippen MR) is 89.1 cm³/mol. The van der Waals surface area contributed by atoms with Crippen LogP contribution in [0.25, 0.3) is 0 Å². The first-order valence-electron chi connectivity index (χ1n) is 7.69. The minimum atomic E-state index is 0.638. The molecule has 1 N–H and O–H groups in total. The molecule has 0 aromatic carbocycles. The molecule has 0 amide bonds. The summed E-state index contributed by atoms with van der Waals surface area (Å²) in [7, 11) is 0. The molecule has 0 spiro atoms. The number of aromatic nitrogens is 2. The molecule has 1 aliphatic carbocycles. The molecule has 5 heteroatoms. The van der Waals surface area contributed by atoms with Gasteiger partial charge in [0.05, 0.1) is 0 Å². The molecule has 0 aliphatic heterocycles. The van der Waals surface area contributed by atoms with Crippen LogP contribution in [0.2, 0.25) is 0 Å².